The number of para-hydroxylation sites is 1. The molecule has 0 aliphatic carbocycles. The van der Waals surface area contributed by atoms with E-state index < -0.39 is 0 Å². The number of aromatic nitrogens is 4. The van der Waals surface area contributed by atoms with Gasteiger partial charge in [0.1, 0.15) is 0 Å². The van der Waals surface area contributed by atoms with Gasteiger partial charge in [-0.3, -0.25) is 19.2 Å². The Kier molecular flexibility index (Phi) is 2.75. The molecule has 4 aromatic rings. The van der Waals surface area contributed by atoms with Crippen LogP contribution in [-0.4, -0.2) is 25.1 Å². The van der Waals surface area contributed by atoms with E-state index in [-0.39, 0.29) is 12.2 Å². The van der Waals surface area contributed by atoms with Gasteiger partial charge in [-0.1, -0.05) is 6.07 Å². The first-order chi connectivity index (χ1) is 10.3. The molecule has 0 amide bonds. The van der Waals surface area contributed by atoms with Crippen molar-refractivity contribution in [3.63, 3.8) is 0 Å². The molecule has 0 saturated carbocycles. The van der Waals surface area contributed by atoms with E-state index >= 15 is 0 Å². The topological polar surface area (TPSA) is 60.2 Å². The molecule has 0 unspecified atom stereocenters. The van der Waals surface area contributed by atoms with Crippen LogP contribution in [0.1, 0.15) is 16.1 Å². The summed E-state index contributed by atoms with van der Waals surface area (Å²) in [5.41, 5.74) is 2.74. The summed E-state index contributed by atoms with van der Waals surface area (Å²) in [5, 5.41) is 1.97. The maximum absolute atomic E-state index is 12.5. The SMILES string of the molecule is O=C(Cc1cn2ccsc2n1)c1cccc2nccnc12. The Morgan fingerprint density at radius 1 is 1.24 bits per heavy atom. The summed E-state index contributed by atoms with van der Waals surface area (Å²) in [7, 11) is 0. The molecule has 0 N–H and O–H groups in total. The molecule has 0 fully saturated rings. The van der Waals surface area contributed by atoms with Crippen molar-refractivity contribution in [3.8, 4) is 0 Å². The summed E-state index contributed by atoms with van der Waals surface area (Å²) in [6.07, 6.45) is 7.32. The molecule has 4 rings (SSSR count). The second-order valence-corrected chi connectivity index (χ2v) is 5.53. The molecule has 3 heterocycles. The van der Waals surface area contributed by atoms with Crippen LogP contribution in [-0.2, 0) is 6.42 Å². The molecule has 0 bridgehead atoms. The number of thiazole rings is 1. The second-order valence-electron chi connectivity index (χ2n) is 4.65. The Morgan fingerprint density at radius 3 is 3.05 bits per heavy atom. The van der Waals surface area contributed by atoms with Crippen molar-refractivity contribution >= 4 is 33.1 Å². The average molecular weight is 294 g/mol. The fourth-order valence-corrected chi connectivity index (χ4v) is 3.06. The molecule has 0 atom stereocenters. The van der Waals surface area contributed by atoms with Crippen molar-refractivity contribution in [2.75, 3.05) is 0 Å². The van der Waals surface area contributed by atoms with Gasteiger partial charge in [-0.2, -0.15) is 0 Å². The highest BCUT2D eigenvalue weighted by Crippen LogP contribution is 2.17. The number of ketones is 1. The standard InChI is InChI=1S/C15H10N4OS/c20-13(8-10-9-19-6-7-21-15(19)18-10)11-2-1-3-12-14(11)17-5-4-16-12/h1-7,9H,8H2. The quantitative estimate of drug-likeness (QED) is 0.545. The monoisotopic (exact) mass is 294 g/mol. The molecule has 0 aliphatic rings. The van der Waals surface area contributed by atoms with E-state index in [0.29, 0.717) is 11.1 Å². The Bertz CT molecular complexity index is 923. The molecule has 0 saturated heterocycles. The fourth-order valence-electron chi connectivity index (χ4n) is 2.34. The summed E-state index contributed by atoms with van der Waals surface area (Å²) in [4.78, 5) is 26.3. The lowest BCUT2D eigenvalue weighted by Crippen LogP contribution is -2.05. The minimum absolute atomic E-state index is 0.00635. The van der Waals surface area contributed by atoms with Gasteiger partial charge in [0, 0.05) is 35.7 Å². The van der Waals surface area contributed by atoms with E-state index in [1.165, 1.54) is 0 Å². The number of Topliss-reactive ketones (excluding diaryl/α,β-unsaturated/α-hetero) is 1. The average Bonchev–Trinajstić information content (AvgIpc) is 3.07. The molecule has 5 nitrogen and oxygen atoms in total. The van der Waals surface area contributed by atoms with E-state index in [4.69, 9.17) is 0 Å². The van der Waals surface area contributed by atoms with Crippen molar-refractivity contribution in [2.45, 2.75) is 6.42 Å². The summed E-state index contributed by atoms with van der Waals surface area (Å²) >= 11 is 1.55. The van der Waals surface area contributed by atoms with Crippen molar-refractivity contribution in [3.05, 3.63) is 59.6 Å². The number of imidazole rings is 1. The molecule has 1 aromatic carbocycles. The van der Waals surface area contributed by atoms with E-state index in [2.05, 4.69) is 15.0 Å². The van der Waals surface area contributed by atoms with Crippen molar-refractivity contribution in [2.24, 2.45) is 0 Å². The molecule has 21 heavy (non-hydrogen) atoms. The summed E-state index contributed by atoms with van der Waals surface area (Å²) in [5.74, 6) is 0.00635. The Labute approximate surface area is 123 Å². The number of hydrogen-bond donors (Lipinski definition) is 0. The maximum Gasteiger partial charge on any atom is 0.193 e. The molecule has 3 aromatic heterocycles. The number of benzene rings is 1. The van der Waals surface area contributed by atoms with Crippen molar-refractivity contribution < 1.29 is 4.79 Å². The van der Waals surface area contributed by atoms with E-state index in [9.17, 15) is 4.79 Å². The molecular formula is C15H10N4OS. The summed E-state index contributed by atoms with van der Waals surface area (Å²) in [6, 6.07) is 5.47. The highest BCUT2D eigenvalue weighted by atomic mass is 32.1. The molecular weight excluding hydrogens is 284 g/mol. The van der Waals surface area contributed by atoms with Crippen LogP contribution in [0.25, 0.3) is 16.0 Å². The third-order valence-corrected chi connectivity index (χ3v) is 4.05. The predicted octanol–water partition coefficient (Wildman–Crippen LogP) is 2.76. The second kappa shape index (κ2) is 4.75. The molecule has 0 aliphatic heterocycles. The van der Waals surface area contributed by atoms with Crippen LogP contribution in [0.2, 0.25) is 0 Å². The van der Waals surface area contributed by atoms with E-state index in [0.717, 1.165) is 16.2 Å². The van der Waals surface area contributed by atoms with Crippen LogP contribution >= 0.6 is 11.3 Å². The first kappa shape index (κ1) is 12.2. The number of carbonyl (C=O) groups excluding carboxylic acids is 1. The summed E-state index contributed by atoms with van der Waals surface area (Å²) in [6.45, 7) is 0. The molecule has 6 heteroatoms. The van der Waals surface area contributed by atoms with Crippen LogP contribution in [0.4, 0.5) is 0 Å². The molecule has 0 spiro atoms. The maximum atomic E-state index is 12.5. The Balaban J connectivity index is 1.71. The van der Waals surface area contributed by atoms with Gasteiger partial charge in [-0.25, -0.2) is 4.98 Å². The van der Waals surface area contributed by atoms with Crippen LogP contribution in [0.3, 0.4) is 0 Å². The lowest BCUT2D eigenvalue weighted by molar-refractivity contribution is 0.0993. The van der Waals surface area contributed by atoms with Gasteiger partial charge in [-0.15, -0.1) is 11.3 Å². The van der Waals surface area contributed by atoms with E-state index in [1.807, 2.05) is 34.3 Å². The van der Waals surface area contributed by atoms with Crippen molar-refractivity contribution in [1.29, 1.82) is 0 Å². The van der Waals surface area contributed by atoms with Gasteiger partial charge >= 0.3 is 0 Å². The zero-order chi connectivity index (χ0) is 14.2. The number of hydrogen-bond acceptors (Lipinski definition) is 5. The number of rotatable bonds is 3. The normalized spacial score (nSPS) is 11.2. The van der Waals surface area contributed by atoms with Crippen LogP contribution in [0, 0.1) is 0 Å². The van der Waals surface area contributed by atoms with Crippen LogP contribution in [0.15, 0.2) is 48.4 Å². The van der Waals surface area contributed by atoms with Crippen molar-refractivity contribution in [1.82, 2.24) is 19.4 Å². The van der Waals surface area contributed by atoms with Gasteiger partial charge in [0.05, 0.1) is 23.1 Å². The first-order valence-corrected chi connectivity index (χ1v) is 7.33. The third-order valence-electron chi connectivity index (χ3n) is 3.28. The van der Waals surface area contributed by atoms with Gasteiger partial charge in [0.15, 0.2) is 10.7 Å². The minimum Gasteiger partial charge on any atom is -0.297 e. The number of fused-ring (bicyclic) bond motifs is 2. The fraction of sp³-hybridized carbons (Fsp3) is 0.0667. The van der Waals surface area contributed by atoms with Crippen LogP contribution < -0.4 is 0 Å². The highest BCUT2D eigenvalue weighted by molar-refractivity contribution is 7.15. The summed E-state index contributed by atoms with van der Waals surface area (Å²) < 4.78 is 1.93. The molecule has 102 valence electrons. The predicted molar refractivity (Wildman–Crippen MR) is 80.6 cm³/mol. The van der Waals surface area contributed by atoms with E-state index in [1.54, 1.807) is 29.8 Å². The first-order valence-electron chi connectivity index (χ1n) is 6.45. The van der Waals surface area contributed by atoms with Gasteiger partial charge in [-0.05, 0) is 12.1 Å². The Morgan fingerprint density at radius 2 is 2.14 bits per heavy atom. The number of carbonyl (C=O) groups is 1. The lowest BCUT2D eigenvalue weighted by atomic mass is 10.1. The largest absolute Gasteiger partial charge is 0.297 e. The van der Waals surface area contributed by atoms with Gasteiger partial charge in [0.2, 0.25) is 0 Å². The number of nitrogens with zero attached hydrogens (tertiary/aromatic N) is 4. The third kappa shape index (κ3) is 2.09. The van der Waals surface area contributed by atoms with Crippen LogP contribution in [0.5, 0.6) is 0 Å². The molecule has 0 radical (unpaired) electrons. The highest BCUT2D eigenvalue weighted by Gasteiger charge is 2.14. The van der Waals surface area contributed by atoms with Gasteiger partial charge in [0.25, 0.3) is 0 Å². The zero-order valence-electron chi connectivity index (χ0n) is 10.9. The Hall–Kier alpha value is -2.60. The van der Waals surface area contributed by atoms with Gasteiger partial charge < -0.3 is 0 Å². The lowest BCUT2D eigenvalue weighted by Gasteiger charge is -2.02. The zero-order valence-corrected chi connectivity index (χ0v) is 11.7. The minimum atomic E-state index is 0.00635. The smallest absolute Gasteiger partial charge is 0.193 e.